The van der Waals surface area contributed by atoms with Gasteiger partial charge in [-0.15, -0.1) is 0 Å². The van der Waals surface area contributed by atoms with E-state index in [4.69, 9.17) is 4.74 Å². The molecule has 0 bridgehead atoms. The third-order valence-corrected chi connectivity index (χ3v) is 5.13. The Morgan fingerprint density at radius 2 is 1.96 bits per heavy atom. The number of hydrogen-bond donors (Lipinski definition) is 1. The Bertz CT molecular complexity index is 959. The first kappa shape index (κ1) is 17.7. The van der Waals surface area contributed by atoms with Gasteiger partial charge in [-0.1, -0.05) is 12.1 Å². The summed E-state index contributed by atoms with van der Waals surface area (Å²) in [6.07, 6.45) is 3.64. The molecule has 1 N–H and O–H groups in total. The number of nitrogens with one attached hydrogen (secondary N) is 1. The van der Waals surface area contributed by atoms with Crippen molar-refractivity contribution >= 4 is 16.9 Å². The Morgan fingerprint density at radius 1 is 1.22 bits per heavy atom. The van der Waals surface area contributed by atoms with Gasteiger partial charge < -0.3 is 14.6 Å². The number of benzene rings is 2. The summed E-state index contributed by atoms with van der Waals surface area (Å²) >= 11 is 0. The van der Waals surface area contributed by atoms with Crippen LogP contribution in [0, 0.1) is 11.7 Å². The van der Waals surface area contributed by atoms with Crippen molar-refractivity contribution in [2.75, 3.05) is 19.8 Å². The number of aromatic nitrogens is 2. The number of hydrogen-bond acceptors (Lipinski definition) is 3. The molecule has 1 aromatic heterocycles. The van der Waals surface area contributed by atoms with Crippen LogP contribution in [0.25, 0.3) is 22.2 Å². The van der Waals surface area contributed by atoms with Gasteiger partial charge in [0.15, 0.2) is 0 Å². The maximum atomic E-state index is 13.3. The molecular formula is C21H22FN3O2. The molecular weight excluding hydrogens is 345 g/mol. The van der Waals surface area contributed by atoms with E-state index in [9.17, 15) is 9.18 Å². The maximum Gasteiger partial charge on any atom is 0.253 e. The van der Waals surface area contributed by atoms with Crippen LogP contribution < -0.4 is 5.32 Å². The molecule has 27 heavy (non-hydrogen) atoms. The zero-order chi connectivity index (χ0) is 18.8. The van der Waals surface area contributed by atoms with Gasteiger partial charge in [0.25, 0.3) is 5.91 Å². The van der Waals surface area contributed by atoms with Crippen molar-refractivity contribution in [2.45, 2.75) is 12.8 Å². The molecule has 0 atom stereocenters. The highest BCUT2D eigenvalue weighted by Gasteiger charge is 2.19. The lowest BCUT2D eigenvalue weighted by atomic mass is 9.99. The predicted molar refractivity (Wildman–Crippen MR) is 102 cm³/mol. The lowest BCUT2D eigenvalue weighted by molar-refractivity contribution is 0.0643. The molecule has 0 aliphatic carbocycles. The van der Waals surface area contributed by atoms with Crippen molar-refractivity contribution in [2.24, 2.45) is 13.0 Å². The van der Waals surface area contributed by atoms with Crippen molar-refractivity contribution in [3.05, 3.63) is 54.1 Å². The summed E-state index contributed by atoms with van der Waals surface area (Å²) in [5.74, 6) is 0.0520. The fourth-order valence-corrected chi connectivity index (χ4v) is 3.56. The molecule has 1 amide bonds. The van der Waals surface area contributed by atoms with Crippen molar-refractivity contribution in [3.8, 4) is 11.1 Å². The number of fused-ring (bicyclic) bond motifs is 1. The second-order valence-electron chi connectivity index (χ2n) is 7.02. The second-order valence-corrected chi connectivity index (χ2v) is 7.02. The molecule has 1 aliphatic heterocycles. The van der Waals surface area contributed by atoms with E-state index >= 15 is 0 Å². The fraction of sp³-hybridized carbons (Fsp3) is 0.333. The first-order chi connectivity index (χ1) is 13.1. The highest BCUT2D eigenvalue weighted by Crippen LogP contribution is 2.27. The summed E-state index contributed by atoms with van der Waals surface area (Å²) in [7, 11) is 1.88. The minimum atomic E-state index is -0.285. The predicted octanol–water partition coefficient (Wildman–Crippen LogP) is 3.54. The van der Waals surface area contributed by atoms with Crippen molar-refractivity contribution < 1.29 is 13.9 Å². The van der Waals surface area contributed by atoms with E-state index in [-0.39, 0.29) is 11.7 Å². The van der Waals surface area contributed by atoms with Crippen molar-refractivity contribution in [1.82, 2.24) is 14.9 Å². The minimum absolute atomic E-state index is 0.112. The van der Waals surface area contributed by atoms with Gasteiger partial charge in [0, 0.05) is 26.8 Å². The number of carbonyl (C=O) groups is 1. The van der Waals surface area contributed by atoms with Crippen LogP contribution in [0.4, 0.5) is 4.39 Å². The first-order valence-corrected chi connectivity index (χ1v) is 9.19. The summed E-state index contributed by atoms with van der Waals surface area (Å²) in [6.45, 7) is 2.15. The van der Waals surface area contributed by atoms with E-state index in [0.717, 1.165) is 48.2 Å². The molecule has 2 aromatic carbocycles. The molecule has 2 heterocycles. The van der Waals surface area contributed by atoms with Gasteiger partial charge in [-0.2, -0.15) is 0 Å². The normalized spacial score (nSPS) is 15.2. The largest absolute Gasteiger partial charge is 0.381 e. The number of halogens is 1. The lowest BCUT2D eigenvalue weighted by Crippen LogP contribution is -2.32. The minimum Gasteiger partial charge on any atom is -0.381 e. The zero-order valence-electron chi connectivity index (χ0n) is 15.2. The number of imidazole rings is 1. The molecule has 5 nitrogen and oxygen atoms in total. The van der Waals surface area contributed by atoms with Crippen LogP contribution in [0.2, 0.25) is 0 Å². The van der Waals surface area contributed by atoms with E-state index in [0.29, 0.717) is 18.0 Å². The first-order valence-electron chi connectivity index (χ1n) is 9.19. The third kappa shape index (κ3) is 3.71. The van der Waals surface area contributed by atoms with Gasteiger partial charge in [0.1, 0.15) is 5.82 Å². The quantitative estimate of drug-likeness (QED) is 0.767. The number of carbonyl (C=O) groups excluding carboxylic acids is 1. The van der Waals surface area contributed by atoms with Crippen LogP contribution in [0.1, 0.15) is 23.2 Å². The van der Waals surface area contributed by atoms with Gasteiger partial charge in [0.05, 0.1) is 22.9 Å². The van der Waals surface area contributed by atoms with E-state index in [1.54, 1.807) is 18.5 Å². The third-order valence-electron chi connectivity index (χ3n) is 5.13. The summed E-state index contributed by atoms with van der Waals surface area (Å²) in [4.78, 5) is 17.4. The second kappa shape index (κ2) is 7.48. The van der Waals surface area contributed by atoms with Gasteiger partial charge in [-0.25, -0.2) is 9.37 Å². The molecule has 140 valence electrons. The average Bonchev–Trinajstić information content (AvgIpc) is 3.08. The Kier molecular flexibility index (Phi) is 4.90. The topological polar surface area (TPSA) is 56.2 Å². The molecule has 0 unspecified atom stereocenters. The Hall–Kier alpha value is -2.73. The smallest absolute Gasteiger partial charge is 0.253 e. The zero-order valence-corrected chi connectivity index (χ0v) is 15.2. The monoisotopic (exact) mass is 367 g/mol. The maximum absolute atomic E-state index is 13.3. The molecule has 0 saturated carbocycles. The van der Waals surface area contributed by atoms with Gasteiger partial charge in [-0.3, -0.25) is 4.79 Å². The summed E-state index contributed by atoms with van der Waals surface area (Å²) in [6, 6.07) is 10.0. The van der Waals surface area contributed by atoms with E-state index in [1.807, 2.05) is 23.7 Å². The van der Waals surface area contributed by atoms with Crippen LogP contribution in [0.3, 0.4) is 0 Å². The van der Waals surface area contributed by atoms with Crippen LogP contribution in [-0.4, -0.2) is 35.2 Å². The van der Waals surface area contributed by atoms with E-state index in [1.165, 1.54) is 12.1 Å². The van der Waals surface area contributed by atoms with Gasteiger partial charge >= 0.3 is 0 Å². The van der Waals surface area contributed by atoms with Gasteiger partial charge in [-0.05, 0) is 54.2 Å². The van der Waals surface area contributed by atoms with E-state index in [2.05, 4.69) is 10.3 Å². The molecule has 1 saturated heterocycles. The van der Waals surface area contributed by atoms with Crippen LogP contribution in [-0.2, 0) is 11.8 Å². The van der Waals surface area contributed by atoms with Gasteiger partial charge in [0.2, 0.25) is 0 Å². The molecule has 0 spiro atoms. The van der Waals surface area contributed by atoms with E-state index < -0.39 is 0 Å². The summed E-state index contributed by atoms with van der Waals surface area (Å²) in [5, 5.41) is 3.07. The van der Waals surface area contributed by atoms with Crippen LogP contribution in [0.5, 0.6) is 0 Å². The SMILES string of the molecule is Cn1cnc2cc(-c3ccc(F)cc3)cc(C(=O)NCC3CCOCC3)c21. The lowest BCUT2D eigenvalue weighted by Gasteiger charge is -2.22. The highest BCUT2D eigenvalue weighted by molar-refractivity contribution is 6.06. The summed E-state index contributed by atoms with van der Waals surface area (Å²) in [5.41, 5.74) is 3.82. The molecule has 4 rings (SSSR count). The number of nitrogens with zero attached hydrogens (tertiary/aromatic N) is 2. The number of amides is 1. The van der Waals surface area contributed by atoms with Crippen molar-refractivity contribution in [3.63, 3.8) is 0 Å². The Balaban J connectivity index is 1.66. The Morgan fingerprint density at radius 3 is 2.70 bits per heavy atom. The van der Waals surface area contributed by atoms with Crippen molar-refractivity contribution in [1.29, 1.82) is 0 Å². The number of ether oxygens (including phenoxy) is 1. The Labute approximate surface area is 157 Å². The van der Waals surface area contributed by atoms with Crippen LogP contribution >= 0.6 is 0 Å². The molecule has 3 aromatic rings. The average molecular weight is 367 g/mol. The number of aryl methyl sites for hydroxylation is 1. The molecule has 6 heteroatoms. The number of rotatable bonds is 4. The standard InChI is InChI=1S/C21H22FN3O2/c1-25-13-24-19-11-16(15-2-4-17(22)5-3-15)10-18(20(19)25)21(26)23-12-14-6-8-27-9-7-14/h2-5,10-11,13-14H,6-9,12H2,1H3,(H,23,26). The molecule has 1 fully saturated rings. The fourth-order valence-electron chi connectivity index (χ4n) is 3.56. The van der Waals surface area contributed by atoms with Crippen LogP contribution in [0.15, 0.2) is 42.7 Å². The molecule has 0 radical (unpaired) electrons. The summed E-state index contributed by atoms with van der Waals surface area (Å²) < 4.78 is 20.5. The molecule has 1 aliphatic rings. The highest BCUT2D eigenvalue weighted by atomic mass is 19.1.